The lowest BCUT2D eigenvalue weighted by Gasteiger charge is -2.15. The maximum atomic E-state index is 12.1. The Bertz CT molecular complexity index is 749. The van der Waals surface area contributed by atoms with E-state index >= 15 is 0 Å². The van der Waals surface area contributed by atoms with Gasteiger partial charge in [-0.2, -0.15) is 11.3 Å². The van der Waals surface area contributed by atoms with Gasteiger partial charge >= 0.3 is 0 Å². The highest BCUT2D eigenvalue weighted by Gasteiger charge is 2.21. The zero-order valence-electron chi connectivity index (χ0n) is 12.3. The summed E-state index contributed by atoms with van der Waals surface area (Å²) < 4.78 is 0. The van der Waals surface area contributed by atoms with E-state index in [2.05, 4.69) is 28.0 Å². The maximum absolute atomic E-state index is 12.1. The zero-order chi connectivity index (χ0) is 15.4. The molecule has 0 saturated carbocycles. The van der Waals surface area contributed by atoms with Gasteiger partial charge in [-0.1, -0.05) is 18.2 Å². The van der Waals surface area contributed by atoms with Gasteiger partial charge in [0.1, 0.15) is 0 Å². The first-order chi connectivity index (χ1) is 10.8. The van der Waals surface area contributed by atoms with E-state index in [4.69, 9.17) is 4.84 Å². The van der Waals surface area contributed by atoms with E-state index < -0.39 is 0 Å². The molecule has 1 unspecified atom stereocenters. The van der Waals surface area contributed by atoms with Crippen molar-refractivity contribution in [1.82, 2.24) is 10.5 Å². The molecule has 3 aromatic rings. The third-order valence-electron chi connectivity index (χ3n) is 3.66. The van der Waals surface area contributed by atoms with Crippen LogP contribution in [0, 0.1) is 0 Å². The van der Waals surface area contributed by atoms with Gasteiger partial charge in [-0.15, -0.1) is 0 Å². The molecule has 0 aliphatic heterocycles. The molecule has 0 aliphatic rings. The highest BCUT2D eigenvalue weighted by Crippen LogP contribution is 2.34. The second kappa shape index (κ2) is 6.77. The number of fused-ring (bicyclic) bond motifs is 1. The molecule has 0 radical (unpaired) electrons. The van der Waals surface area contributed by atoms with Crippen LogP contribution < -0.4 is 5.48 Å². The molecule has 1 atom stereocenters. The quantitative estimate of drug-likeness (QED) is 0.680. The largest absolute Gasteiger partial charge is 0.361 e. The molecule has 0 spiro atoms. The Labute approximate surface area is 133 Å². The molecule has 0 saturated heterocycles. The first-order valence-electron chi connectivity index (χ1n) is 7.28. The van der Waals surface area contributed by atoms with Gasteiger partial charge in [0.25, 0.3) is 0 Å². The number of carbonyl (C=O) groups is 1. The van der Waals surface area contributed by atoms with E-state index in [1.807, 2.05) is 36.7 Å². The van der Waals surface area contributed by atoms with Crippen LogP contribution in [0.5, 0.6) is 0 Å². The average Bonchev–Trinajstić information content (AvgIpc) is 3.20. The van der Waals surface area contributed by atoms with Crippen LogP contribution in [-0.4, -0.2) is 17.5 Å². The van der Waals surface area contributed by atoms with Crippen molar-refractivity contribution in [2.75, 3.05) is 6.61 Å². The molecule has 2 N–H and O–H groups in total. The molecule has 2 heterocycles. The summed E-state index contributed by atoms with van der Waals surface area (Å²) in [5, 5.41) is 5.29. The molecule has 0 fully saturated rings. The van der Waals surface area contributed by atoms with Crippen molar-refractivity contribution < 1.29 is 9.63 Å². The van der Waals surface area contributed by atoms with Crippen molar-refractivity contribution in [3.63, 3.8) is 0 Å². The molecule has 1 amide bonds. The summed E-state index contributed by atoms with van der Waals surface area (Å²) in [7, 11) is 0. The monoisotopic (exact) mass is 314 g/mol. The highest BCUT2D eigenvalue weighted by molar-refractivity contribution is 7.08. The first kappa shape index (κ1) is 14.8. The molecule has 22 heavy (non-hydrogen) atoms. The third kappa shape index (κ3) is 3.05. The van der Waals surface area contributed by atoms with Crippen LogP contribution in [0.15, 0.2) is 47.3 Å². The Kier molecular flexibility index (Phi) is 4.56. The predicted molar refractivity (Wildman–Crippen MR) is 88.8 cm³/mol. The normalized spacial score (nSPS) is 12.4. The molecule has 114 valence electrons. The van der Waals surface area contributed by atoms with E-state index in [1.54, 1.807) is 11.3 Å². The van der Waals surface area contributed by atoms with Gasteiger partial charge in [0, 0.05) is 29.4 Å². The predicted octanol–water partition coefficient (Wildman–Crippen LogP) is 3.82. The van der Waals surface area contributed by atoms with E-state index in [9.17, 15) is 4.79 Å². The summed E-state index contributed by atoms with van der Waals surface area (Å²) in [6, 6.07) is 10.2. The molecule has 1 aromatic carbocycles. The molecule has 0 bridgehead atoms. The van der Waals surface area contributed by atoms with Crippen LogP contribution in [0.25, 0.3) is 10.9 Å². The van der Waals surface area contributed by atoms with Crippen LogP contribution in [0.4, 0.5) is 0 Å². The fourth-order valence-electron chi connectivity index (χ4n) is 2.64. The average molecular weight is 314 g/mol. The summed E-state index contributed by atoms with van der Waals surface area (Å²) in [4.78, 5) is 20.4. The minimum absolute atomic E-state index is 0.0165. The number of aromatic nitrogens is 1. The van der Waals surface area contributed by atoms with Crippen molar-refractivity contribution in [1.29, 1.82) is 0 Å². The molecule has 5 heteroatoms. The summed E-state index contributed by atoms with van der Waals surface area (Å²) in [5.74, 6) is -0.0915. The standard InChI is InChI=1S/C17H18N2O2S/c1-2-21-19-17(20)9-14(12-7-8-22-11-12)15-10-18-16-6-4-3-5-13(15)16/h3-8,10-11,14,18H,2,9H2,1H3,(H,19,20). The fraction of sp³-hybridized carbons (Fsp3) is 0.235. The number of thiophene rings is 1. The Hall–Kier alpha value is -2.11. The minimum Gasteiger partial charge on any atom is -0.361 e. The van der Waals surface area contributed by atoms with Crippen molar-refractivity contribution >= 4 is 28.1 Å². The van der Waals surface area contributed by atoms with E-state index in [1.165, 1.54) is 0 Å². The van der Waals surface area contributed by atoms with E-state index in [0.717, 1.165) is 22.0 Å². The van der Waals surface area contributed by atoms with Crippen LogP contribution in [0.3, 0.4) is 0 Å². The number of nitrogens with one attached hydrogen (secondary N) is 2. The van der Waals surface area contributed by atoms with Crippen LogP contribution in [-0.2, 0) is 9.63 Å². The number of hydroxylamine groups is 1. The Morgan fingerprint density at radius 2 is 2.23 bits per heavy atom. The second-order valence-electron chi connectivity index (χ2n) is 5.06. The minimum atomic E-state index is -0.108. The Morgan fingerprint density at radius 1 is 1.36 bits per heavy atom. The lowest BCUT2D eigenvalue weighted by atomic mass is 9.90. The number of H-pyrrole nitrogens is 1. The van der Waals surface area contributed by atoms with Crippen molar-refractivity contribution in [3.05, 3.63) is 58.4 Å². The van der Waals surface area contributed by atoms with Crippen molar-refractivity contribution in [3.8, 4) is 0 Å². The van der Waals surface area contributed by atoms with Crippen molar-refractivity contribution in [2.45, 2.75) is 19.3 Å². The number of hydrogen-bond donors (Lipinski definition) is 2. The van der Waals surface area contributed by atoms with Crippen LogP contribution in [0.2, 0.25) is 0 Å². The molecule has 0 aliphatic carbocycles. The molecule has 3 rings (SSSR count). The topological polar surface area (TPSA) is 54.1 Å². The number of rotatable bonds is 6. The molecular formula is C17H18N2O2S. The fourth-order valence-corrected chi connectivity index (χ4v) is 3.36. The number of amides is 1. The van der Waals surface area contributed by atoms with Crippen LogP contribution >= 0.6 is 11.3 Å². The van der Waals surface area contributed by atoms with Gasteiger partial charge in [-0.25, -0.2) is 5.48 Å². The summed E-state index contributed by atoms with van der Waals surface area (Å²) in [5.41, 5.74) is 5.87. The summed E-state index contributed by atoms with van der Waals surface area (Å²) in [6.07, 6.45) is 2.36. The summed E-state index contributed by atoms with van der Waals surface area (Å²) in [6.45, 7) is 2.30. The van der Waals surface area contributed by atoms with E-state index in [0.29, 0.717) is 13.0 Å². The summed E-state index contributed by atoms with van der Waals surface area (Å²) >= 11 is 1.64. The number of aromatic amines is 1. The van der Waals surface area contributed by atoms with Gasteiger partial charge < -0.3 is 4.98 Å². The lowest BCUT2D eigenvalue weighted by Crippen LogP contribution is -2.25. The SMILES string of the molecule is CCONC(=O)CC(c1ccsc1)c1c[nH]c2ccccc12. The Morgan fingerprint density at radius 3 is 3.00 bits per heavy atom. The van der Waals surface area contributed by atoms with Gasteiger partial charge in [-0.3, -0.25) is 9.63 Å². The maximum Gasteiger partial charge on any atom is 0.244 e. The van der Waals surface area contributed by atoms with Gasteiger partial charge in [0.05, 0.1) is 6.61 Å². The molecule has 2 aromatic heterocycles. The Balaban J connectivity index is 1.93. The first-order valence-corrected chi connectivity index (χ1v) is 8.22. The highest BCUT2D eigenvalue weighted by atomic mass is 32.1. The van der Waals surface area contributed by atoms with E-state index in [-0.39, 0.29) is 11.8 Å². The second-order valence-corrected chi connectivity index (χ2v) is 5.84. The third-order valence-corrected chi connectivity index (χ3v) is 4.36. The van der Waals surface area contributed by atoms with Crippen molar-refractivity contribution in [2.24, 2.45) is 0 Å². The van der Waals surface area contributed by atoms with Gasteiger partial charge in [0.15, 0.2) is 0 Å². The number of benzene rings is 1. The number of hydrogen-bond acceptors (Lipinski definition) is 3. The van der Waals surface area contributed by atoms with Crippen LogP contribution in [0.1, 0.15) is 30.4 Å². The lowest BCUT2D eigenvalue weighted by molar-refractivity contribution is -0.133. The number of para-hydroxylation sites is 1. The number of carbonyl (C=O) groups excluding carboxylic acids is 1. The molecular weight excluding hydrogens is 296 g/mol. The molecule has 4 nitrogen and oxygen atoms in total. The van der Waals surface area contributed by atoms with Gasteiger partial charge in [-0.05, 0) is 40.9 Å². The smallest absolute Gasteiger partial charge is 0.244 e. The zero-order valence-corrected chi connectivity index (χ0v) is 13.2. The van der Waals surface area contributed by atoms with Gasteiger partial charge in [0.2, 0.25) is 5.91 Å².